The fourth-order valence-electron chi connectivity index (χ4n) is 4.30. The van der Waals surface area contributed by atoms with Crippen LogP contribution in [0.1, 0.15) is 67.3 Å². The minimum Gasteiger partial charge on any atom is -0.384 e. The largest absolute Gasteiger partial charge is 0.384 e. The van der Waals surface area contributed by atoms with Gasteiger partial charge in [0.1, 0.15) is 0 Å². The average Bonchev–Trinajstić information content (AvgIpc) is 3.52. The van der Waals surface area contributed by atoms with Crippen molar-refractivity contribution < 1.29 is 4.74 Å². The van der Waals surface area contributed by atoms with Crippen molar-refractivity contribution in [2.24, 2.45) is 0 Å². The first kappa shape index (κ1) is 18.1. The third-order valence-electron chi connectivity index (χ3n) is 6.10. The number of hydrogen-bond donors (Lipinski definition) is 0. The lowest BCUT2D eigenvalue weighted by Crippen LogP contribution is -2.32. The first-order valence-electron chi connectivity index (χ1n) is 10.0. The minimum atomic E-state index is 0.107. The number of rotatable bonds is 3. The topological polar surface area (TPSA) is 9.23 Å². The average molecular weight is 357 g/mol. The van der Waals surface area contributed by atoms with Crippen LogP contribution in [0.4, 0.5) is 0 Å². The Morgan fingerprint density at radius 1 is 1.00 bits per heavy atom. The van der Waals surface area contributed by atoms with Gasteiger partial charge in [0.2, 0.25) is 0 Å². The molecule has 1 unspecified atom stereocenters. The third-order valence-corrected chi connectivity index (χ3v) is 6.10. The fraction of sp³-hybridized carbons (Fsp3) is 0.385. The van der Waals surface area contributed by atoms with E-state index in [0.29, 0.717) is 0 Å². The highest BCUT2D eigenvalue weighted by molar-refractivity contribution is 5.70. The molecule has 1 saturated carbocycles. The van der Waals surface area contributed by atoms with Gasteiger partial charge in [0.05, 0.1) is 6.61 Å². The van der Waals surface area contributed by atoms with Crippen molar-refractivity contribution in [1.29, 1.82) is 0 Å². The standard InChI is InChI=1S/C26H28O/c1-19(23-14-15-23)22-11-8-20(9-12-22)6-7-21-10-13-24-5-4-16-26(2,18-27-3)25(24)17-21/h8-13,17H,4-5,14-16,18H2,1-3H3. The van der Waals surface area contributed by atoms with Gasteiger partial charge in [-0.25, -0.2) is 0 Å². The zero-order valence-electron chi connectivity index (χ0n) is 16.7. The molecule has 4 rings (SSSR count). The molecule has 0 heterocycles. The van der Waals surface area contributed by atoms with Gasteiger partial charge >= 0.3 is 0 Å². The number of allylic oxidation sites excluding steroid dienone is 2. The predicted molar refractivity (Wildman–Crippen MR) is 113 cm³/mol. The van der Waals surface area contributed by atoms with E-state index < -0.39 is 0 Å². The van der Waals surface area contributed by atoms with Gasteiger partial charge in [0.15, 0.2) is 0 Å². The Labute approximate surface area is 163 Å². The van der Waals surface area contributed by atoms with E-state index in [9.17, 15) is 0 Å². The number of aryl methyl sites for hydroxylation is 1. The molecule has 0 aliphatic heterocycles. The SMILES string of the molecule is COCC1(C)CCCc2ccc(C#Cc3ccc(C(C)=C4CC4)cc3)cc21. The van der Waals surface area contributed by atoms with Gasteiger partial charge in [-0.2, -0.15) is 0 Å². The molecule has 2 aliphatic rings. The molecular formula is C26H28O. The maximum atomic E-state index is 5.52. The van der Waals surface area contributed by atoms with Crippen molar-refractivity contribution in [1.82, 2.24) is 0 Å². The van der Waals surface area contributed by atoms with Gasteiger partial charge < -0.3 is 4.74 Å². The molecule has 2 aromatic rings. The summed E-state index contributed by atoms with van der Waals surface area (Å²) in [4.78, 5) is 0. The molecule has 1 nitrogen and oxygen atoms in total. The van der Waals surface area contributed by atoms with E-state index in [1.807, 2.05) is 0 Å². The molecule has 27 heavy (non-hydrogen) atoms. The van der Waals surface area contributed by atoms with Crippen LogP contribution in [0.5, 0.6) is 0 Å². The highest BCUT2D eigenvalue weighted by Gasteiger charge is 2.32. The molecule has 1 fully saturated rings. The fourth-order valence-corrected chi connectivity index (χ4v) is 4.30. The Morgan fingerprint density at radius 2 is 1.70 bits per heavy atom. The minimum absolute atomic E-state index is 0.107. The van der Waals surface area contributed by atoms with Gasteiger partial charge in [0, 0.05) is 23.7 Å². The Hall–Kier alpha value is -2.30. The van der Waals surface area contributed by atoms with Crippen LogP contribution in [0.15, 0.2) is 48.0 Å². The van der Waals surface area contributed by atoms with Crippen LogP contribution in [-0.2, 0) is 16.6 Å². The van der Waals surface area contributed by atoms with Crippen LogP contribution in [0.2, 0.25) is 0 Å². The summed E-state index contributed by atoms with van der Waals surface area (Å²) in [7, 11) is 1.80. The zero-order valence-corrected chi connectivity index (χ0v) is 16.7. The molecule has 0 saturated heterocycles. The summed E-state index contributed by atoms with van der Waals surface area (Å²) in [5.41, 5.74) is 9.53. The molecule has 0 aromatic heterocycles. The summed E-state index contributed by atoms with van der Waals surface area (Å²) >= 11 is 0. The van der Waals surface area contributed by atoms with Crippen LogP contribution in [-0.4, -0.2) is 13.7 Å². The van der Waals surface area contributed by atoms with Gasteiger partial charge in [-0.05, 0) is 85.6 Å². The number of hydrogen-bond acceptors (Lipinski definition) is 1. The maximum Gasteiger partial charge on any atom is 0.0556 e. The first-order chi connectivity index (χ1) is 13.1. The van der Waals surface area contributed by atoms with E-state index in [-0.39, 0.29) is 5.41 Å². The maximum absolute atomic E-state index is 5.52. The van der Waals surface area contributed by atoms with Gasteiger partial charge in [-0.1, -0.05) is 42.5 Å². The highest BCUT2D eigenvalue weighted by Crippen LogP contribution is 2.38. The second-order valence-corrected chi connectivity index (χ2v) is 8.28. The summed E-state index contributed by atoms with van der Waals surface area (Å²) < 4.78 is 5.52. The molecule has 2 aliphatic carbocycles. The predicted octanol–water partition coefficient (Wildman–Crippen LogP) is 5.89. The van der Waals surface area contributed by atoms with Crippen molar-refractivity contribution >= 4 is 5.57 Å². The van der Waals surface area contributed by atoms with E-state index in [1.165, 1.54) is 54.4 Å². The molecule has 0 N–H and O–H groups in total. The quantitative estimate of drug-likeness (QED) is 0.623. The molecular weight excluding hydrogens is 328 g/mol. The summed E-state index contributed by atoms with van der Waals surface area (Å²) in [6.07, 6.45) is 6.13. The molecule has 138 valence electrons. The third kappa shape index (κ3) is 3.87. The van der Waals surface area contributed by atoms with E-state index in [1.54, 1.807) is 12.7 Å². The lowest BCUT2D eigenvalue weighted by molar-refractivity contribution is 0.127. The van der Waals surface area contributed by atoms with Crippen LogP contribution >= 0.6 is 0 Å². The molecule has 0 radical (unpaired) electrons. The van der Waals surface area contributed by atoms with Crippen LogP contribution < -0.4 is 0 Å². The lowest BCUT2D eigenvalue weighted by Gasteiger charge is -2.35. The molecule has 1 heteroatoms. The normalized spacial score (nSPS) is 20.5. The molecule has 0 bridgehead atoms. The summed E-state index contributed by atoms with van der Waals surface area (Å²) in [6, 6.07) is 15.4. The Morgan fingerprint density at radius 3 is 2.41 bits per heavy atom. The number of fused-ring (bicyclic) bond motifs is 1. The monoisotopic (exact) mass is 356 g/mol. The van der Waals surface area contributed by atoms with Crippen LogP contribution in [0.25, 0.3) is 5.57 Å². The molecule has 2 aromatic carbocycles. The van der Waals surface area contributed by atoms with Crippen LogP contribution in [0.3, 0.4) is 0 Å². The van der Waals surface area contributed by atoms with Gasteiger partial charge in [0.25, 0.3) is 0 Å². The highest BCUT2D eigenvalue weighted by atomic mass is 16.5. The zero-order chi connectivity index (χ0) is 18.9. The van der Waals surface area contributed by atoms with E-state index in [2.05, 4.69) is 68.2 Å². The van der Waals surface area contributed by atoms with E-state index in [4.69, 9.17) is 4.74 Å². The van der Waals surface area contributed by atoms with Crippen molar-refractivity contribution in [2.45, 2.75) is 51.4 Å². The van der Waals surface area contributed by atoms with Crippen molar-refractivity contribution in [3.63, 3.8) is 0 Å². The van der Waals surface area contributed by atoms with E-state index >= 15 is 0 Å². The number of benzene rings is 2. The van der Waals surface area contributed by atoms with Crippen molar-refractivity contribution in [3.8, 4) is 11.8 Å². The molecule has 1 atom stereocenters. The summed E-state index contributed by atoms with van der Waals surface area (Å²) in [6.45, 7) is 5.32. The van der Waals surface area contributed by atoms with Gasteiger partial charge in [-0.3, -0.25) is 0 Å². The second kappa shape index (κ2) is 7.37. The number of ether oxygens (including phenoxy) is 1. The van der Waals surface area contributed by atoms with Crippen molar-refractivity contribution in [2.75, 3.05) is 13.7 Å². The van der Waals surface area contributed by atoms with Crippen LogP contribution in [0, 0.1) is 11.8 Å². The Kier molecular flexibility index (Phi) is 4.94. The Bertz CT molecular complexity index is 930. The second-order valence-electron chi connectivity index (χ2n) is 8.28. The van der Waals surface area contributed by atoms with Crippen molar-refractivity contribution in [3.05, 3.63) is 75.9 Å². The smallest absolute Gasteiger partial charge is 0.0556 e. The number of methoxy groups -OCH3 is 1. The lowest BCUT2D eigenvalue weighted by atomic mass is 9.71. The Balaban J connectivity index is 1.58. The van der Waals surface area contributed by atoms with E-state index in [0.717, 1.165) is 17.7 Å². The van der Waals surface area contributed by atoms with Gasteiger partial charge in [-0.15, -0.1) is 0 Å². The summed E-state index contributed by atoms with van der Waals surface area (Å²) in [5.74, 6) is 6.71. The first-order valence-corrected chi connectivity index (χ1v) is 10.0. The molecule has 0 spiro atoms. The summed E-state index contributed by atoms with van der Waals surface area (Å²) in [5, 5.41) is 0. The molecule has 0 amide bonds.